The Bertz CT molecular complexity index is 436. The van der Waals surface area contributed by atoms with Gasteiger partial charge in [0.1, 0.15) is 12.0 Å². The molecule has 0 fully saturated rings. The van der Waals surface area contributed by atoms with E-state index in [-0.39, 0.29) is 0 Å². The molecule has 0 saturated heterocycles. The fraction of sp³-hybridized carbons (Fsp3) is 0.400. The second kappa shape index (κ2) is 4.80. The van der Waals surface area contributed by atoms with E-state index >= 15 is 0 Å². The van der Waals surface area contributed by atoms with Crippen LogP contribution in [0.3, 0.4) is 0 Å². The number of nitrogens with one attached hydrogen (secondary N) is 1. The highest BCUT2D eigenvalue weighted by Gasteiger charge is 2.06. The number of nitrogens with zero attached hydrogens (tertiary/aromatic N) is 5. The normalized spacial score (nSPS) is 10.9. The SMILES string of the molecule is CC(C)NCc1cnnn1-c1cncnc1. The van der Waals surface area contributed by atoms with E-state index in [1.54, 1.807) is 23.3 Å². The zero-order valence-electron chi connectivity index (χ0n) is 9.33. The lowest BCUT2D eigenvalue weighted by molar-refractivity contribution is 0.570. The van der Waals surface area contributed by atoms with Gasteiger partial charge in [-0.05, 0) is 0 Å². The molecule has 2 heterocycles. The first-order valence-electron chi connectivity index (χ1n) is 5.15. The molecule has 1 N–H and O–H groups in total. The van der Waals surface area contributed by atoms with Gasteiger partial charge in [-0.3, -0.25) is 0 Å². The molecule has 2 rings (SSSR count). The quantitative estimate of drug-likeness (QED) is 0.811. The topological polar surface area (TPSA) is 68.5 Å². The monoisotopic (exact) mass is 218 g/mol. The number of hydrogen-bond acceptors (Lipinski definition) is 5. The van der Waals surface area contributed by atoms with Crippen LogP contribution >= 0.6 is 0 Å². The molecule has 0 aliphatic rings. The van der Waals surface area contributed by atoms with Crippen LogP contribution < -0.4 is 5.32 Å². The van der Waals surface area contributed by atoms with Gasteiger partial charge in [0.05, 0.1) is 24.3 Å². The van der Waals surface area contributed by atoms with Gasteiger partial charge in [0.25, 0.3) is 0 Å². The van der Waals surface area contributed by atoms with E-state index in [1.807, 2.05) is 0 Å². The fourth-order valence-electron chi connectivity index (χ4n) is 1.30. The molecule has 0 unspecified atom stereocenters. The third-order valence-corrected chi connectivity index (χ3v) is 2.10. The average molecular weight is 218 g/mol. The van der Waals surface area contributed by atoms with Gasteiger partial charge < -0.3 is 5.32 Å². The van der Waals surface area contributed by atoms with Gasteiger partial charge in [0, 0.05) is 12.6 Å². The Morgan fingerprint density at radius 2 is 2.00 bits per heavy atom. The number of hydrogen-bond donors (Lipinski definition) is 1. The Morgan fingerprint density at radius 1 is 1.25 bits per heavy atom. The molecule has 0 spiro atoms. The molecule has 0 aliphatic heterocycles. The van der Waals surface area contributed by atoms with Crippen molar-refractivity contribution in [1.29, 1.82) is 0 Å². The summed E-state index contributed by atoms with van der Waals surface area (Å²) in [5, 5.41) is 11.2. The maximum absolute atomic E-state index is 4.01. The molecule has 84 valence electrons. The van der Waals surface area contributed by atoms with E-state index in [2.05, 4.69) is 39.4 Å². The van der Waals surface area contributed by atoms with Crippen molar-refractivity contribution < 1.29 is 0 Å². The van der Waals surface area contributed by atoms with Crippen LogP contribution in [0.15, 0.2) is 24.9 Å². The highest BCUT2D eigenvalue weighted by molar-refractivity contribution is 5.24. The van der Waals surface area contributed by atoms with Crippen molar-refractivity contribution in [3.8, 4) is 5.69 Å². The van der Waals surface area contributed by atoms with Crippen molar-refractivity contribution in [3.05, 3.63) is 30.6 Å². The average Bonchev–Trinajstić information content (AvgIpc) is 2.75. The van der Waals surface area contributed by atoms with Crippen LogP contribution in [0.2, 0.25) is 0 Å². The lowest BCUT2D eigenvalue weighted by Gasteiger charge is -2.08. The van der Waals surface area contributed by atoms with Crippen LogP contribution in [0.5, 0.6) is 0 Å². The Balaban J connectivity index is 2.19. The van der Waals surface area contributed by atoms with Gasteiger partial charge in [-0.1, -0.05) is 19.1 Å². The van der Waals surface area contributed by atoms with Crippen LogP contribution in [-0.4, -0.2) is 31.0 Å². The fourth-order valence-corrected chi connectivity index (χ4v) is 1.30. The molecule has 2 aromatic rings. The molecule has 6 heteroatoms. The van der Waals surface area contributed by atoms with E-state index in [0.29, 0.717) is 6.04 Å². The van der Waals surface area contributed by atoms with Crippen molar-refractivity contribution >= 4 is 0 Å². The van der Waals surface area contributed by atoms with E-state index in [0.717, 1.165) is 17.9 Å². The predicted molar refractivity (Wildman–Crippen MR) is 58.9 cm³/mol. The molecule has 0 atom stereocenters. The molecular weight excluding hydrogens is 204 g/mol. The van der Waals surface area contributed by atoms with E-state index < -0.39 is 0 Å². The summed E-state index contributed by atoms with van der Waals surface area (Å²) in [6.45, 7) is 4.92. The lowest BCUT2D eigenvalue weighted by Crippen LogP contribution is -2.23. The third-order valence-electron chi connectivity index (χ3n) is 2.10. The van der Waals surface area contributed by atoms with Crippen molar-refractivity contribution in [1.82, 2.24) is 30.3 Å². The van der Waals surface area contributed by atoms with Crippen LogP contribution in [0, 0.1) is 0 Å². The molecule has 0 radical (unpaired) electrons. The summed E-state index contributed by atoms with van der Waals surface area (Å²) in [6, 6.07) is 0.426. The second-order valence-electron chi connectivity index (χ2n) is 3.77. The summed E-state index contributed by atoms with van der Waals surface area (Å²) in [5.41, 5.74) is 1.81. The summed E-state index contributed by atoms with van der Waals surface area (Å²) in [4.78, 5) is 7.91. The summed E-state index contributed by atoms with van der Waals surface area (Å²) < 4.78 is 1.73. The van der Waals surface area contributed by atoms with Crippen molar-refractivity contribution in [3.63, 3.8) is 0 Å². The summed E-state index contributed by atoms with van der Waals surface area (Å²) >= 11 is 0. The largest absolute Gasteiger partial charge is 0.309 e. The molecule has 2 aromatic heterocycles. The van der Waals surface area contributed by atoms with E-state index in [1.165, 1.54) is 6.33 Å². The molecule has 0 aromatic carbocycles. The van der Waals surface area contributed by atoms with Gasteiger partial charge in [-0.25, -0.2) is 14.6 Å². The highest BCUT2D eigenvalue weighted by atomic mass is 15.4. The van der Waals surface area contributed by atoms with Gasteiger partial charge in [0.15, 0.2) is 0 Å². The Kier molecular flexibility index (Phi) is 3.21. The van der Waals surface area contributed by atoms with Crippen molar-refractivity contribution in [2.75, 3.05) is 0 Å². The van der Waals surface area contributed by atoms with Gasteiger partial charge in [0.2, 0.25) is 0 Å². The third kappa shape index (κ3) is 2.40. The zero-order valence-corrected chi connectivity index (χ0v) is 9.33. The summed E-state index contributed by atoms with van der Waals surface area (Å²) in [6.07, 6.45) is 6.65. The first kappa shape index (κ1) is 10.7. The minimum absolute atomic E-state index is 0.426. The Labute approximate surface area is 93.7 Å². The van der Waals surface area contributed by atoms with Gasteiger partial charge >= 0.3 is 0 Å². The summed E-state index contributed by atoms with van der Waals surface area (Å²) in [5.74, 6) is 0. The van der Waals surface area contributed by atoms with E-state index in [9.17, 15) is 0 Å². The highest BCUT2D eigenvalue weighted by Crippen LogP contribution is 2.05. The van der Waals surface area contributed by atoms with E-state index in [4.69, 9.17) is 0 Å². The van der Waals surface area contributed by atoms with Crippen molar-refractivity contribution in [2.45, 2.75) is 26.4 Å². The molecule has 0 aliphatic carbocycles. The van der Waals surface area contributed by atoms with Crippen LogP contribution in [0.25, 0.3) is 5.69 Å². The number of rotatable bonds is 4. The minimum atomic E-state index is 0.426. The maximum Gasteiger partial charge on any atom is 0.115 e. The first-order chi connectivity index (χ1) is 7.77. The molecule has 16 heavy (non-hydrogen) atoms. The smallest absolute Gasteiger partial charge is 0.115 e. The predicted octanol–water partition coefficient (Wildman–Crippen LogP) is 0.555. The minimum Gasteiger partial charge on any atom is -0.309 e. The zero-order chi connectivity index (χ0) is 11.4. The Morgan fingerprint density at radius 3 is 2.69 bits per heavy atom. The van der Waals surface area contributed by atoms with Crippen LogP contribution in [0.1, 0.15) is 19.5 Å². The lowest BCUT2D eigenvalue weighted by atomic mass is 10.3. The molecular formula is C10H14N6. The molecule has 0 saturated carbocycles. The molecule has 0 bridgehead atoms. The maximum atomic E-state index is 4.01. The van der Waals surface area contributed by atoms with Crippen molar-refractivity contribution in [2.24, 2.45) is 0 Å². The van der Waals surface area contributed by atoms with Gasteiger partial charge in [-0.2, -0.15) is 0 Å². The Hall–Kier alpha value is -1.82. The second-order valence-corrected chi connectivity index (χ2v) is 3.77. The van der Waals surface area contributed by atoms with Crippen LogP contribution in [0.4, 0.5) is 0 Å². The molecule has 0 amide bonds. The molecule has 6 nitrogen and oxygen atoms in total. The number of aromatic nitrogens is 5. The summed E-state index contributed by atoms with van der Waals surface area (Å²) in [7, 11) is 0. The first-order valence-corrected chi connectivity index (χ1v) is 5.15. The van der Waals surface area contributed by atoms with Gasteiger partial charge in [-0.15, -0.1) is 5.10 Å². The standard InChI is InChI=1S/C10H14N6/c1-8(2)13-5-10-6-14-15-16(10)9-3-11-7-12-4-9/h3-4,6-8,13H,5H2,1-2H3. The van der Waals surface area contributed by atoms with Crippen LogP contribution in [-0.2, 0) is 6.54 Å².